The van der Waals surface area contributed by atoms with Crippen LogP contribution in [-0.2, 0) is 14.3 Å². The maximum atomic E-state index is 12.2. The van der Waals surface area contributed by atoms with Crippen molar-refractivity contribution in [2.75, 3.05) is 12.4 Å². The highest BCUT2D eigenvalue weighted by Crippen LogP contribution is 2.47. The predicted molar refractivity (Wildman–Crippen MR) is 82.5 cm³/mol. The highest BCUT2D eigenvalue weighted by atomic mass is 32.2. The smallest absolute Gasteiger partial charge is 0.330 e. The number of hydrogen-bond acceptors (Lipinski definition) is 5. The first kappa shape index (κ1) is 15.1. The summed E-state index contributed by atoms with van der Waals surface area (Å²) in [6, 6.07) is 8.13. The van der Waals surface area contributed by atoms with Gasteiger partial charge in [-0.15, -0.1) is 11.8 Å². The maximum Gasteiger partial charge on any atom is 0.330 e. The van der Waals surface area contributed by atoms with Gasteiger partial charge in [-0.1, -0.05) is 30.3 Å². The van der Waals surface area contributed by atoms with Gasteiger partial charge in [0.05, 0.1) is 4.87 Å². The molecule has 1 aromatic carbocycles. The summed E-state index contributed by atoms with van der Waals surface area (Å²) in [4.78, 5) is 37.5. The van der Waals surface area contributed by atoms with Gasteiger partial charge in [-0.3, -0.25) is 9.59 Å². The quantitative estimate of drug-likeness (QED) is 0.626. The van der Waals surface area contributed by atoms with Crippen LogP contribution in [-0.4, -0.2) is 45.8 Å². The number of fused-ring (bicyclic) bond motifs is 1. The Kier molecular flexibility index (Phi) is 3.95. The standard InChI is InChI=1S/C16H17NO4S/c1-16-8-7-14(19)17(16)12(10-22-16)15(20)21-9-13(18)11-5-3-2-4-6-11/h2-6,12H,7-10H2,1H3/t12-,16-/m0/s1. The van der Waals surface area contributed by atoms with E-state index in [0.29, 0.717) is 17.7 Å². The molecule has 1 aromatic rings. The number of carbonyl (C=O) groups excluding carboxylic acids is 3. The summed E-state index contributed by atoms with van der Waals surface area (Å²) in [5.74, 6) is -0.213. The minimum Gasteiger partial charge on any atom is -0.456 e. The van der Waals surface area contributed by atoms with Crippen LogP contribution in [0.1, 0.15) is 30.1 Å². The molecule has 2 fully saturated rings. The summed E-state index contributed by atoms with van der Waals surface area (Å²) < 4.78 is 5.15. The highest BCUT2D eigenvalue weighted by molar-refractivity contribution is 8.01. The van der Waals surface area contributed by atoms with Gasteiger partial charge in [0.25, 0.3) is 0 Å². The number of thioether (sulfide) groups is 1. The third kappa shape index (κ3) is 2.63. The van der Waals surface area contributed by atoms with Crippen LogP contribution in [0.4, 0.5) is 0 Å². The van der Waals surface area contributed by atoms with Crippen LogP contribution in [0.3, 0.4) is 0 Å². The first-order chi connectivity index (χ1) is 10.5. The predicted octanol–water partition coefficient (Wildman–Crippen LogP) is 1.87. The van der Waals surface area contributed by atoms with E-state index in [2.05, 4.69) is 0 Å². The number of esters is 1. The Balaban J connectivity index is 1.61. The van der Waals surface area contributed by atoms with Crippen LogP contribution in [0.25, 0.3) is 0 Å². The van der Waals surface area contributed by atoms with E-state index in [4.69, 9.17) is 4.74 Å². The van der Waals surface area contributed by atoms with Crippen LogP contribution in [0.5, 0.6) is 0 Å². The van der Waals surface area contributed by atoms with Gasteiger partial charge in [-0.2, -0.15) is 0 Å². The lowest BCUT2D eigenvalue weighted by Crippen LogP contribution is -2.46. The van der Waals surface area contributed by atoms with E-state index in [9.17, 15) is 14.4 Å². The summed E-state index contributed by atoms with van der Waals surface area (Å²) in [5, 5.41) is 0. The fraction of sp³-hybridized carbons (Fsp3) is 0.438. The minimum atomic E-state index is -0.575. The molecule has 0 radical (unpaired) electrons. The lowest BCUT2D eigenvalue weighted by molar-refractivity contribution is -0.152. The van der Waals surface area contributed by atoms with E-state index in [-0.39, 0.29) is 23.2 Å². The molecular weight excluding hydrogens is 302 g/mol. The number of Topliss-reactive ketones (excluding diaryl/α,β-unsaturated/α-hetero) is 1. The van der Waals surface area contributed by atoms with Crippen molar-refractivity contribution in [1.29, 1.82) is 0 Å². The van der Waals surface area contributed by atoms with E-state index in [1.807, 2.05) is 13.0 Å². The van der Waals surface area contributed by atoms with Crippen molar-refractivity contribution in [2.24, 2.45) is 0 Å². The number of amides is 1. The molecule has 2 heterocycles. The van der Waals surface area contributed by atoms with Crippen molar-refractivity contribution >= 4 is 29.4 Å². The zero-order chi connectivity index (χ0) is 15.7. The average molecular weight is 319 g/mol. The van der Waals surface area contributed by atoms with Crippen molar-refractivity contribution < 1.29 is 19.1 Å². The lowest BCUT2D eigenvalue weighted by atomic mass is 10.1. The molecule has 0 saturated carbocycles. The molecule has 116 valence electrons. The molecule has 6 heteroatoms. The van der Waals surface area contributed by atoms with Crippen molar-refractivity contribution in [3.05, 3.63) is 35.9 Å². The van der Waals surface area contributed by atoms with Crippen LogP contribution in [0, 0.1) is 0 Å². The minimum absolute atomic E-state index is 0.0103. The molecule has 0 spiro atoms. The van der Waals surface area contributed by atoms with E-state index < -0.39 is 12.0 Å². The van der Waals surface area contributed by atoms with Crippen LogP contribution in [0.2, 0.25) is 0 Å². The summed E-state index contributed by atoms with van der Waals surface area (Å²) in [5.41, 5.74) is 0.512. The zero-order valence-corrected chi connectivity index (χ0v) is 13.1. The monoisotopic (exact) mass is 319 g/mol. The number of nitrogens with zero attached hydrogens (tertiary/aromatic N) is 1. The number of ketones is 1. The Labute approximate surface area is 133 Å². The number of ether oxygens (including phenoxy) is 1. The number of benzene rings is 1. The topological polar surface area (TPSA) is 63.7 Å². The van der Waals surface area contributed by atoms with Gasteiger partial charge in [0, 0.05) is 17.7 Å². The number of hydrogen-bond donors (Lipinski definition) is 0. The molecule has 0 aromatic heterocycles. The Morgan fingerprint density at radius 1 is 1.36 bits per heavy atom. The number of carbonyl (C=O) groups is 3. The molecule has 5 nitrogen and oxygen atoms in total. The van der Waals surface area contributed by atoms with Crippen LogP contribution < -0.4 is 0 Å². The molecule has 2 aliphatic rings. The molecule has 0 unspecified atom stereocenters. The second-order valence-corrected chi connectivity index (χ2v) is 7.16. The molecule has 2 saturated heterocycles. The Bertz CT molecular complexity index is 618. The van der Waals surface area contributed by atoms with E-state index in [1.54, 1.807) is 40.9 Å². The fourth-order valence-electron chi connectivity index (χ4n) is 2.94. The SMILES string of the molecule is C[C@]12CCC(=O)N1[C@H](C(=O)OCC(=O)c1ccccc1)CS2. The van der Waals surface area contributed by atoms with Crippen molar-refractivity contribution in [2.45, 2.75) is 30.7 Å². The molecule has 1 amide bonds. The molecule has 0 bridgehead atoms. The molecule has 0 N–H and O–H groups in total. The van der Waals surface area contributed by atoms with Crippen molar-refractivity contribution in [1.82, 2.24) is 4.90 Å². The normalized spacial score (nSPS) is 26.9. The second kappa shape index (κ2) is 5.76. The third-order valence-corrected chi connectivity index (χ3v) is 5.66. The van der Waals surface area contributed by atoms with Gasteiger partial charge >= 0.3 is 5.97 Å². The third-order valence-electron chi connectivity index (χ3n) is 4.16. The largest absolute Gasteiger partial charge is 0.456 e. The summed E-state index contributed by atoms with van der Waals surface area (Å²) >= 11 is 1.61. The van der Waals surface area contributed by atoms with Gasteiger partial charge < -0.3 is 9.64 Å². The fourth-order valence-corrected chi connectivity index (χ4v) is 4.35. The second-order valence-electron chi connectivity index (χ2n) is 5.66. The first-order valence-corrected chi connectivity index (χ1v) is 8.21. The highest BCUT2D eigenvalue weighted by Gasteiger charge is 2.53. The molecule has 22 heavy (non-hydrogen) atoms. The first-order valence-electron chi connectivity index (χ1n) is 7.22. The van der Waals surface area contributed by atoms with Gasteiger partial charge in [-0.25, -0.2) is 4.79 Å². The van der Waals surface area contributed by atoms with Gasteiger partial charge in [-0.05, 0) is 13.3 Å². The summed E-state index contributed by atoms with van der Waals surface area (Å²) in [6.45, 7) is 1.69. The summed E-state index contributed by atoms with van der Waals surface area (Å²) in [6.07, 6.45) is 1.22. The number of rotatable bonds is 4. The molecular formula is C16H17NO4S. The molecule has 2 atom stereocenters. The van der Waals surface area contributed by atoms with Crippen LogP contribution >= 0.6 is 11.8 Å². The van der Waals surface area contributed by atoms with E-state index in [1.165, 1.54) is 0 Å². The molecule has 0 aliphatic carbocycles. The molecule has 3 rings (SSSR count). The maximum absolute atomic E-state index is 12.2. The molecule has 2 aliphatic heterocycles. The average Bonchev–Trinajstić information content (AvgIpc) is 3.02. The zero-order valence-electron chi connectivity index (χ0n) is 12.3. The van der Waals surface area contributed by atoms with Gasteiger partial charge in [0.2, 0.25) is 5.91 Å². The van der Waals surface area contributed by atoms with Crippen molar-refractivity contribution in [3.8, 4) is 0 Å². The van der Waals surface area contributed by atoms with Gasteiger partial charge in [0.1, 0.15) is 6.04 Å². The summed E-state index contributed by atoms with van der Waals surface area (Å²) in [7, 11) is 0. The van der Waals surface area contributed by atoms with Crippen LogP contribution in [0.15, 0.2) is 30.3 Å². The Morgan fingerprint density at radius 3 is 2.82 bits per heavy atom. The Hall–Kier alpha value is -1.82. The van der Waals surface area contributed by atoms with Gasteiger partial charge in [0.15, 0.2) is 12.4 Å². The van der Waals surface area contributed by atoms with E-state index >= 15 is 0 Å². The van der Waals surface area contributed by atoms with E-state index in [0.717, 1.165) is 6.42 Å². The lowest BCUT2D eigenvalue weighted by Gasteiger charge is -2.29. The Morgan fingerprint density at radius 2 is 2.09 bits per heavy atom. The van der Waals surface area contributed by atoms with Crippen molar-refractivity contribution in [3.63, 3.8) is 0 Å².